The Kier molecular flexibility index (Phi) is 6.77. The molecule has 0 aliphatic carbocycles. The van der Waals surface area contributed by atoms with Crippen LogP contribution in [0.3, 0.4) is 0 Å². The molecule has 4 aromatic rings. The molecule has 2 aromatic heterocycles. The van der Waals surface area contributed by atoms with Crippen molar-refractivity contribution in [2.24, 2.45) is 0 Å². The summed E-state index contributed by atoms with van der Waals surface area (Å²) in [6, 6.07) is 9.43. The number of carbonyl (C=O) groups is 2. The van der Waals surface area contributed by atoms with Crippen molar-refractivity contribution >= 4 is 23.3 Å². The van der Waals surface area contributed by atoms with Crippen LogP contribution in [0.2, 0.25) is 0 Å². The number of carboxylic acid groups (broad SMARTS) is 1. The van der Waals surface area contributed by atoms with Gasteiger partial charge in [-0.3, -0.25) is 4.79 Å². The normalized spacial score (nSPS) is 15.0. The Morgan fingerprint density at radius 2 is 1.95 bits per heavy atom. The van der Waals surface area contributed by atoms with Gasteiger partial charge in [0.1, 0.15) is 11.3 Å². The molecule has 2 aromatic carbocycles. The van der Waals surface area contributed by atoms with E-state index in [4.69, 9.17) is 23.7 Å². The van der Waals surface area contributed by atoms with E-state index >= 15 is 0 Å². The maximum absolute atomic E-state index is 13.9. The van der Waals surface area contributed by atoms with Gasteiger partial charge in [0.05, 0.1) is 6.20 Å². The lowest BCUT2D eigenvalue weighted by Crippen LogP contribution is -2.40. The third-order valence-corrected chi connectivity index (χ3v) is 5.97. The number of likely N-dealkylation sites (tertiary alicyclic amines) is 1. The second kappa shape index (κ2) is 10.3. The number of amides is 1. The summed E-state index contributed by atoms with van der Waals surface area (Å²) in [6.45, 7) is 3.80. The average Bonchev–Trinajstić information content (AvgIpc) is 3.51. The SMILES string of the molecule is Cc1cc(-c2nc3cnc(Oc4ccccc4F)nc3o2)cc(C)c1OCC(=O)N1CCC[C@@H]1OC(=O)O. The number of aromatic nitrogens is 3. The first-order chi connectivity index (χ1) is 18.3. The van der Waals surface area contributed by atoms with Crippen LogP contribution in [0.1, 0.15) is 24.0 Å². The lowest BCUT2D eigenvalue weighted by atomic mass is 10.1. The number of aryl methyl sites for hydroxylation is 2. The first-order valence-corrected chi connectivity index (χ1v) is 11.8. The molecule has 5 rings (SSSR count). The third-order valence-electron chi connectivity index (χ3n) is 5.97. The maximum atomic E-state index is 13.9. The molecule has 12 heteroatoms. The first-order valence-electron chi connectivity index (χ1n) is 11.8. The fourth-order valence-corrected chi connectivity index (χ4v) is 4.30. The summed E-state index contributed by atoms with van der Waals surface area (Å²) in [6.07, 6.45) is 0.317. The summed E-state index contributed by atoms with van der Waals surface area (Å²) >= 11 is 0. The largest absolute Gasteiger partial charge is 0.507 e. The van der Waals surface area contributed by atoms with E-state index < -0.39 is 18.2 Å². The highest BCUT2D eigenvalue weighted by atomic mass is 19.1. The highest BCUT2D eigenvalue weighted by Crippen LogP contribution is 2.32. The van der Waals surface area contributed by atoms with E-state index in [0.29, 0.717) is 36.2 Å². The summed E-state index contributed by atoms with van der Waals surface area (Å²) in [5.41, 5.74) is 2.70. The van der Waals surface area contributed by atoms with Crippen molar-refractivity contribution in [2.75, 3.05) is 13.2 Å². The Morgan fingerprint density at radius 1 is 1.18 bits per heavy atom. The Balaban J connectivity index is 1.31. The molecular formula is C26H23FN4O7. The zero-order chi connectivity index (χ0) is 26.8. The van der Waals surface area contributed by atoms with Crippen LogP contribution in [0, 0.1) is 19.7 Å². The minimum absolute atomic E-state index is 0.0124. The monoisotopic (exact) mass is 522 g/mol. The smallest absolute Gasteiger partial charge is 0.483 e. The molecule has 38 heavy (non-hydrogen) atoms. The van der Waals surface area contributed by atoms with Crippen molar-refractivity contribution in [1.82, 2.24) is 19.9 Å². The average molecular weight is 522 g/mol. The molecule has 0 radical (unpaired) electrons. The number of nitrogens with zero attached hydrogens (tertiary/aromatic N) is 4. The van der Waals surface area contributed by atoms with E-state index in [1.807, 2.05) is 13.8 Å². The second-order valence-corrected chi connectivity index (χ2v) is 8.69. The molecule has 0 saturated carbocycles. The van der Waals surface area contributed by atoms with Gasteiger partial charge in [-0.15, -0.1) is 0 Å². The predicted octanol–water partition coefficient (Wildman–Crippen LogP) is 4.85. The zero-order valence-electron chi connectivity index (χ0n) is 20.5. The Morgan fingerprint density at radius 3 is 2.68 bits per heavy atom. The van der Waals surface area contributed by atoms with Crippen LogP contribution in [0.4, 0.5) is 9.18 Å². The van der Waals surface area contributed by atoms with Crippen molar-refractivity contribution in [1.29, 1.82) is 0 Å². The molecule has 1 N–H and O–H groups in total. The molecule has 1 aliphatic heterocycles. The Hall–Kier alpha value is -4.74. The van der Waals surface area contributed by atoms with Crippen LogP contribution in [-0.2, 0) is 9.53 Å². The number of benzene rings is 2. The molecule has 3 heterocycles. The van der Waals surface area contributed by atoms with Gasteiger partial charge in [0.2, 0.25) is 5.89 Å². The summed E-state index contributed by atoms with van der Waals surface area (Å²) in [5.74, 6) is -0.104. The number of fused-ring (bicyclic) bond motifs is 1. The van der Waals surface area contributed by atoms with E-state index in [9.17, 15) is 14.0 Å². The van der Waals surface area contributed by atoms with E-state index in [-0.39, 0.29) is 35.9 Å². The van der Waals surface area contributed by atoms with Crippen LogP contribution in [0.5, 0.6) is 17.5 Å². The molecule has 0 bridgehead atoms. The van der Waals surface area contributed by atoms with Crippen LogP contribution in [-0.4, -0.2) is 56.4 Å². The van der Waals surface area contributed by atoms with E-state index in [2.05, 4.69) is 15.0 Å². The van der Waals surface area contributed by atoms with Gasteiger partial charge in [-0.1, -0.05) is 12.1 Å². The highest BCUT2D eigenvalue weighted by molar-refractivity contribution is 5.79. The second-order valence-electron chi connectivity index (χ2n) is 8.69. The standard InChI is InChI=1S/C26H23FN4O7/c1-14-10-16(11-15(2)22(14)35-13-20(32)31-9-5-8-21(31)37-26(33)34)23-29-18-12-28-25(30-24(18)38-23)36-19-7-4-3-6-17(19)27/h3-4,6-7,10-12,21H,5,8-9,13H2,1-2H3,(H,33,34)/t21-/m0/s1. The van der Waals surface area contributed by atoms with Crippen LogP contribution in [0.15, 0.2) is 47.0 Å². The van der Waals surface area contributed by atoms with Crippen LogP contribution in [0.25, 0.3) is 22.7 Å². The zero-order valence-corrected chi connectivity index (χ0v) is 20.5. The fourth-order valence-electron chi connectivity index (χ4n) is 4.30. The van der Waals surface area contributed by atoms with Crippen molar-refractivity contribution in [2.45, 2.75) is 32.9 Å². The molecule has 196 valence electrons. The lowest BCUT2D eigenvalue weighted by Gasteiger charge is -2.23. The predicted molar refractivity (Wildman–Crippen MR) is 130 cm³/mol. The summed E-state index contributed by atoms with van der Waals surface area (Å²) in [7, 11) is 0. The molecule has 1 atom stereocenters. The number of rotatable bonds is 7. The van der Waals surface area contributed by atoms with Crippen molar-refractivity contribution < 1.29 is 37.7 Å². The van der Waals surface area contributed by atoms with Gasteiger partial charge in [-0.2, -0.15) is 4.98 Å². The van der Waals surface area contributed by atoms with E-state index in [0.717, 1.165) is 11.1 Å². The minimum Gasteiger partial charge on any atom is -0.483 e. The van der Waals surface area contributed by atoms with Gasteiger partial charge in [0.15, 0.2) is 24.4 Å². The van der Waals surface area contributed by atoms with Gasteiger partial charge in [0.25, 0.3) is 11.6 Å². The molecule has 1 aliphatic rings. The molecule has 0 spiro atoms. The Bertz CT molecular complexity index is 1500. The number of hydrogen-bond acceptors (Lipinski definition) is 9. The van der Waals surface area contributed by atoms with E-state index in [1.165, 1.54) is 23.2 Å². The van der Waals surface area contributed by atoms with E-state index in [1.54, 1.807) is 24.3 Å². The minimum atomic E-state index is -1.42. The molecule has 1 fully saturated rings. The van der Waals surface area contributed by atoms with Gasteiger partial charge in [-0.05, 0) is 55.7 Å². The van der Waals surface area contributed by atoms with Crippen LogP contribution >= 0.6 is 0 Å². The lowest BCUT2D eigenvalue weighted by molar-refractivity contribution is -0.141. The Labute approximate surface area is 215 Å². The van der Waals surface area contributed by atoms with Crippen molar-refractivity contribution in [3.63, 3.8) is 0 Å². The number of carbonyl (C=O) groups excluding carboxylic acids is 1. The maximum Gasteiger partial charge on any atom is 0.507 e. The van der Waals surface area contributed by atoms with Crippen molar-refractivity contribution in [3.05, 3.63) is 59.5 Å². The fraction of sp³-hybridized carbons (Fsp3) is 0.269. The molecular weight excluding hydrogens is 499 g/mol. The number of oxazole rings is 1. The summed E-state index contributed by atoms with van der Waals surface area (Å²) in [4.78, 5) is 37.6. The van der Waals surface area contributed by atoms with Gasteiger partial charge < -0.3 is 28.6 Å². The topological polar surface area (TPSA) is 137 Å². The highest BCUT2D eigenvalue weighted by Gasteiger charge is 2.32. The molecule has 0 unspecified atom stereocenters. The molecule has 1 saturated heterocycles. The third kappa shape index (κ3) is 5.19. The van der Waals surface area contributed by atoms with Crippen molar-refractivity contribution in [3.8, 4) is 29.0 Å². The van der Waals surface area contributed by atoms with Gasteiger partial charge in [-0.25, -0.2) is 19.2 Å². The van der Waals surface area contributed by atoms with Gasteiger partial charge >= 0.3 is 12.2 Å². The number of para-hydroxylation sites is 1. The summed E-state index contributed by atoms with van der Waals surface area (Å²) < 4.78 is 35.7. The quantitative estimate of drug-likeness (QED) is 0.335. The first kappa shape index (κ1) is 24.9. The molecule has 1 amide bonds. The van der Waals surface area contributed by atoms with Crippen LogP contribution < -0.4 is 9.47 Å². The van der Waals surface area contributed by atoms with Gasteiger partial charge in [0, 0.05) is 18.5 Å². The number of hydrogen-bond donors (Lipinski definition) is 1. The summed E-state index contributed by atoms with van der Waals surface area (Å²) in [5, 5.41) is 8.87. The number of halogens is 1. The molecule has 11 nitrogen and oxygen atoms in total. The number of ether oxygens (including phenoxy) is 3.